The van der Waals surface area contributed by atoms with Crippen LogP contribution >= 0.6 is 0 Å². The highest BCUT2D eigenvalue weighted by Crippen LogP contribution is 2.20. The number of carbonyl (C=O) groups excluding carboxylic acids is 1. The molecule has 1 unspecified atom stereocenters. The normalized spacial score (nSPS) is 18.7. The lowest BCUT2D eigenvalue weighted by Crippen LogP contribution is -2.47. The van der Waals surface area contributed by atoms with Crippen molar-refractivity contribution in [2.75, 3.05) is 18.4 Å². The number of piperidine rings is 1. The Morgan fingerprint density at radius 3 is 2.85 bits per heavy atom. The topological polar surface area (TPSA) is 95.7 Å². The number of nitrogens with zero attached hydrogens (tertiary/aromatic N) is 1. The maximum absolute atomic E-state index is 12.2. The molecule has 2 rings (SSSR count). The van der Waals surface area contributed by atoms with Gasteiger partial charge < -0.3 is 21.1 Å². The molecule has 1 heterocycles. The number of nitrogens with one attached hydrogen (secondary N) is 1. The summed E-state index contributed by atoms with van der Waals surface area (Å²) >= 11 is 0. The number of nitrogens with two attached hydrogens (primary N) is 1. The number of hydrogen-bond donors (Lipinski definition) is 3. The number of anilines is 1. The van der Waals surface area contributed by atoms with Crippen LogP contribution in [0.4, 0.5) is 10.5 Å². The maximum Gasteiger partial charge on any atom is 0.336 e. The number of amides is 2. The predicted molar refractivity (Wildman–Crippen MR) is 75.9 cm³/mol. The number of urea groups is 1. The van der Waals surface area contributed by atoms with E-state index in [1.54, 1.807) is 24.0 Å². The summed E-state index contributed by atoms with van der Waals surface area (Å²) in [5, 5.41) is 11.8. The zero-order valence-corrected chi connectivity index (χ0v) is 11.4. The summed E-state index contributed by atoms with van der Waals surface area (Å²) in [7, 11) is 0. The number of carboxylic acids is 1. The zero-order valence-electron chi connectivity index (χ0n) is 11.4. The quantitative estimate of drug-likeness (QED) is 0.765. The third kappa shape index (κ3) is 3.08. The highest BCUT2D eigenvalue weighted by atomic mass is 16.4. The average molecular weight is 277 g/mol. The number of carbonyl (C=O) groups is 2. The van der Waals surface area contributed by atoms with Crippen LogP contribution < -0.4 is 11.1 Å². The lowest BCUT2D eigenvalue weighted by molar-refractivity contribution is 0.0696. The van der Waals surface area contributed by atoms with Crippen molar-refractivity contribution in [3.05, 3.63) is 29.3 Å². The highest BCUT2D eigenvalue weighted by molar-refractivity contribution is 5.95. The van der Waals surface area contributed by atoms with E-state index in [0.29, 0.717) is 24.3 Å². The number of aromatic carboxylic acids is 1. The van der Waals surface area contributed by atoms with Gasteiger partial charge >= 0.3 is 12.0 Å². The van der Waals surface area contributed by atoms with E-state index in [1.165, 1.54) is 6.07 Å². The van der Waals surface area contributed by atoms with Crippen molar-refractivity contribution in [2.45, 2.75) is 25.8 Å². The van der Waals surface area contributed by atoms with Gasteiger partial charge in [-0.1, -0.05) is 6.07 Å². The van der Waals surface area contributed by atoms with Gasteiger partial charge in [0.05, 0.1) is 5.56 Å². The van der Waals surface area contributed by atoms with Crippen LogP contribution in [0.2, 0.25) is 0 Å². The Hall–Kier alpha value is -2.08. The molecule has 1 fully saturated rings. The molecule has 0 radical (unpaired) electrons. The Kier molecular flexibility index (Phi) is 4.24. The first kappa shape index (κ1) is 14.3. The van der Waals surface area contributed by atoms with Crippen molar-refractivity contribution in [2.24, 2.45) is 5.73 Å². The first-order chi connectivity index (χ1) is 9.49. The Morgan fingerprint density at radius 1 is 1.45 bits per heavy atom. The molecule has 6 heteroatoms. The molecular formula is C14H19N3O3. The molecule has 1 atom stereocenters. The summed E-state index contributed by atoms with van der Waals surface area (Å²) in [5.74, 6) is -1.00. The van der Waals surface area contributed by atoms with Crippen LogP contribution in [0.25, 0.3) is 0 Å². The molecular weight excluding hydrogens is 258 g/mol. The molecule has 6 nitrogen and oxygen atoms in total. The van der Waals surface area contributed by atoms with Crippen LogP contribution in [0, 0.1) is 6.92 Å². The van der Waals surface area contributed by atoms with Gasteiger partial charge in [-0.05, 0) is 37.5 Å². The van der Waals surface area contributed by atoms with E-state index in [0.717, 1.165) is 12.8 Å². The first-order valence-electron chi connectivity index (χ1n) is 6.63. The maximum atomic E-state index is 12.2. The van der Waals surface area contributed by atoms with Gasteiger partial charge in [-0.25, -0.2) is 9.59 Å². The van der Waals surface area contributed by atoms with Crippen molar-refractivity contribution in [1.29, 1.82) is 0 Å². The van der Waals surface area contributed by atoms with Crippen molar-refractivity contribution in [1.82, 2.24) is 4.90 Å². The van der Waals surface area contributed by atoms with E-state index in [4.69, 9.17) is 10.8 Å². The van der Waals surface area contributed by atoms with Gasteiger partial charge in [0.15, 0.2) is 0 Å². The van der Waals surface area contributed by atoms with E-state index < -0.39 is 5.97 Å². The molecule has 4 N–H and O–H groups in total. The zero-order chi connectivity index (χ0) is 14.7. The van der Waals surface area contributed by atoms with Crippen molar-refractivity contribution in [3.8, 4) is 0 Å². The van der Waals surface area contributed by atoms with Gasteiger partial charge in [0.1, 0.15) is 0 Å². The molecule has 0 spiro atoms. The summed E-state index contributed by atoms with van der Waals surface area (Å²) in [4.78, 5) is 24.9. The molecule has 1 aromatic rings. The van der Waals surface area contributed by atoms with E-state index in [-0.39, 0.29) is 17.6 Å². The van der Waals surface area contributed by atoms with E-state index >= 15 is 0 Å². The lowest BCUT2D eigenvalue weighted by atomic mass is 10.1. The van der Waals surface area contributed by atoms with Crippen LogP contribution in [0.3, 0.4) is 0 Å². The minimum absolute atomic E-state index is 0.0148. The third-order valence-corrected chi connectivity index (χ3v) is 3.55. The van der Waals surface area contributed by atoms with Crippen molar-refractivity contribution in [3.63, 3.8) is 0 Å². The molecule has 0 bridgehead atoms. The molecule has 1 aliphatic rings. The molecule has 20 heavy (non-hydrogen) atoms. The van der Waals surface area contributed by atoms with Crippen LogP contribution in [-0.4, -0.2) is 41.1 Å². The fourth-order valence-corrected chi connectivity index (χ4v) is 2.39. The van der Waals surface area contributed by atoms with Crippen LogP contribution in [0.5, 0.6) is 0 Å². The Bertz CT molecular complexity index is 530. The van der Waals surface area contributed by atoms with Crippen molar-refractivity contribution < 1.29 is 14.7 Å². The molecule has 0 aliphatic carbocycles. The molecule has 1 aliphatic heterocycles. The molecule has 108 valence electrons. The summed E-state index contributed by atoms with van der Waals surface area (Å²) in [6.45, 7) is 2.89. The summed E-state index contributed by atoms with van der Waals surface area (Å²) in [5.41, 5.74) is 7.12. The second-order valence-electron chi connectivity index (χ2n) is 5.06. The summed E-state index contributed by atoms with van der Waals surface area (Å²) < 4.78 is 0. The first-order valence-corrected chi connectivity index (χ1v) is 6.63. The van der Waals surface area contributed by atoms with Gasteiger partial charge in [0.2, 0.25) is 0 Å². The van der Waals surface area contributed by atoms with Crippen molar-refractivity contribution >= 4 is 17.7 Å². The minimum Gasteiger partial charge on any atom is -0.478 e. The van der Waals surface area contributed by atoms with E-state index in [9.17, 15) is 9.59 Å². The molecule has 0 aromatic heterocycles. The Balaban J connectivity index is 2.11. The number of rotatable bonds is 2. The van der Waals surface area contributed by atoms with E-state index in [1.807, 2.05) is 0 Å². The van der Waals surface area contributed by atoms with Gasteiger partial charge in [-0.2, -0.15) is 0 Å². The number of likely N-dealkylation sites (tertiary alicyclic amines) is 1. The number of carboxylic acid groups (broad SMARTS) is 1. The largest absolute Gasteiger partial charge is 0.478 e. The molecule has 0 saturated carbocycles. The van der Waals surface area contributed by atoms with Crippen LogP contribution in [0.15, 0.2) is 18.2 Å². The molecule has 2 amide bonds. The minimum atomic E-state index is -1.00. The predicted octanol–water partition coefficient (Wildman–Crippen LogP) is 1.65. The third-order valence-electron chi connectivity index (χ3n) is 3.55. The smallest absolute Gasteiger partial charge is 0.336 e. The second kappa shape index (κ2) is 5.92. The van der Waals surface area contributed by atoms with E-state index in [2.05, 4.69) is 5.32 Å². The highest BCUT2D eigenvalue weighted by Gasteiger charge is 2.22. The summed E-state index contributed by atoms with van der Waals surface area (Å²) in [6.07, 6.45) is 1.82. The fraction of sp³-hybridized carbons (Fsp3) is 0.429. The average Bonchev–Trinajstić information content (AvgIpc) is 2.40. The van der Waals surface area contributed by atoms with Gasteiger partial charge in [-0.15, -0.1) is 0 Å². The molecule has 1 saturated heterocycles. The Morgan fingerprint density at radius 2 is 2.20 bits per heavy atom. The fourth-order valence-electron chi connectivity index (χ4n) is 2.39. The monoisotopic (exact) mass is 277 g/mol. The SMILES string of the molecule is Cc1c(NC(=O)N2CCCC(N)C2)cccc1C(=O)O. The second-order valence-corrected chi connectivity index (χ2v) is 5.06. The standard InChI is InChI=1S/C14H19N3O3/c1-9-11(13(18)19)5-2-6-12(9)16-14(20)17-7-3-4-10(15)8-17/h2,5-6,10H,3-4,7-8,15H2,1H3,(H,16,20)(H,18,19). The van der Waals surface area contributed by atoms with Crippen LogP contribution in [-0.2, 0) is 0 Å². The van der Waals surface area contributed by atoms with Crippen LogP contribution in [0.1, 0.15) is 28.8 Å². The van der Waals surface area contributed by atoms with Gasteiger partial charge in [0.25, 0.3) is 0 Å². The number of hydrogen-bond acceptors (Lipinski definition) is 3. The Labute approximate surface area is 117 Å². The molecule has 1 aromatic carbocycles. The lowest BCUT2D eigenvalue weighted by Gasteiger charge is -2.31. The number of benzene rings is 1. The van der Waals surface area contributed by atoms with Gasteiger partial charge in [-0.3, -0.25) is 0 Å². The summed E-state index contributed by atoms with van der Waals surface area (Å²) in [6, 6.07) is 4.62. The van der Waals surface area contributed by atoms with Gasteiger partial charge in [0, 0.05) is 24.8 Å².